The van der Waals surface area contributed by atoms with Crippen LogP contribution in [0.5, 0.6) is 5.75 Å². The summed E-state index contributed by atoms with van der Waals surface area (Å²) in [5.41, 5.74) is 1.30. The molecule has 0 aliphatic rings. The van der Waals surface area contributed by atoms with Gasteiger partial charge < -0.3 is 14.9 Å². The number of carboxylic acids is 1. The Bertz CT molecular complexity index is 743. The van der Waals surface area contributed by atoms with Gasteiger partial charge in [0.2, 0.25) is 0 Å². The molecule has 3 N–H and O–H groups in total. The molecule has 0 saturated carbocycles. The Morgan fingerprint density at radius 1 is 1.21 bits per heavy atom. The van der Waals surface area contributed by atoms with Crippen LogP contribution in [0.3, 0.4) is 0 Å². The Hall–Kier alpha value is -3.02. The van der Waals surface area contributed by atoms with Crippen LogP contribution in [0.4, 0.5) is 10.5 Å². The SMILES string of the molecule is CCOC(=O)Nc1cc(C(=O)O)c(O)c(C(C)c2ccccc2)c1. The highest BCUT2D eigenvalue weighted by Crippen LogP contribution is 2.36. The molecule has 0 aromatic heterocycles. The lowest BCUT2D eigenvalue weighted by molar-refractivity contribution is 0.0693. The van der Waals surface area contributed by atoms with Crippen LogP contribution in [0.15, 0.2) is 42.5 Å². The van der Waals surface area contributed by atoms with E-state index in [0.717, 1.165) is 5.56 Å². The van der Waals surface area contributed by atoms with Gasteiger partial charge in [0.25, 0.3) is 0 Å². The van der Waals surface area contributed by atoms with Crippen LogP contribution in [-0.2, 0) is 4.74 Å². The van der Waals surface area contributed by atoms with Crippen molar-refractivity contribution in [3.63, 3.8) is 0 Å². The molecule has 6 nitrogen and oxygen atoms in total. The van der Waals surface area contributed by atoms with Crippen molar-refractivity contribution in [3.8, 4) is 5.75 Å². The number of aromatic carboxylic acids is 1. The lowest BCUT2D eigenvalue weighted by Crippen LogP contribution is -2.14. The fourth-order valence-electron chi connectivity index (χ4n) is 2.43. The fourth-order valence-corrected chi connectivity index (χ4v) is 2.43. The van der Waals surface area contributed by atoms with Gasteiger partial charge in [0.05, 0.1) is 6.61 Å². The molecule has 0 saturated heterocycles. The second kappa shape index (κ2) is 7.50. The van der Waals surface area contributed by atoms with Crippen molar-refractivity contribution in [1.29, 1.82) is 0 Å². The highest BCUT2D eigenvalue weighted by molar-refractivity contribution is 5.94. The zero-order valence-electron chi connectivity index (χ0n) is 13.4. The first kappa shape index (κ1) is 17.3. The summed E-state index contributed by atoms with van der Waals surface area (Å²) < 4.78 is 4.80. The quantitative estimate of drug-likeness (QED) is 0.725. The van der Waals surface area contributed by atoms with E-state index in [1.165, 1.54) is 6.07 Å². The highest BCUT2D eigenvalue weighted by Gasteiger charge is 2.21. The van der Waals surface area contributed by atoms with Crippen molar-refractivity contribution in [2.24, 2.45) is 0 Å². The molecule has 0 spiro atoms. The number of hydrogen-bond acceptors (Lipinski definition) is 4. The summed E-state index contributed by atoms with van der Waals surface area (Å²) >= 11 is 0. The van der Waals surface area contributed by atoms with E-state index in [0.29, 0.717) is 5.56 Å². The first-order chi connectivity index (χ1) is 11.4. The second-order valence-corrected chi connectivity index (χ2v) is 5.24. The van der Waals surface area contributed by atoms with Gasteiger partial charge in [-0.2, -0.15) is 0 Å². The summed E-state index contributed by atoms with van der Waals surface area (Å²) in [6, 6.07) is 12.1. The Morgan fingerprint density at radius 2 is 1.88 bits per heavy atom. The first-order valence-electron chi connectivity index (χ1n) is 7.53. The minimum absolute atomic E-state index is 0.197. The molecule has 1 unspecified atom stereocenters. The van der Waals surface area contributed by atoms with E-state index >= 15 is 0 Å². The zero-order valence-corrected chi connectivity index (χ0v) is 13.4. The van der Waals surface area contributed by atoms with Gasteiger partial charge in [-0.05, 0) is 24.6 Å². The molecule has 2 aromatic carbocycles. The summed E-state index contributed by atoms with van der Waals surface area (Å²) in [6.07, 6.45) is -0.683. The molecule has 1 amide bonds. The molecule has 2 rings (SSSR count). The van der Waals surface area contributed by atoms with Crippen molar-refractivity contribution >= 4 is 17.7 Å². The summed E-state index contributed by atoms with van der Waals surface area (Å²) in [7, 11) is 0. The topological polar surface area (TPSA) is 95.9 Å². The third-order valence-corrected chi connectivity index (χ3v) is 3.66. The molecule has 0 bridgehead atoms. The van der Waals surface area contributed by atoms with E-state index in [9.17, 15) is 19.8 Å². The molecule has 6 heteroatoms. The molecule has 0 aliphatic carbocycles. The van der Waals surface area contributed by atoms with Crippen molar-refractivity contribution in [2.75, 3.05) is 11.9 Å². The van der Waals surface area contributed by atoms with Crippen LogP contribution in [0.25, 0.3) is 0 Å². The summed E-state index contributed by atoms with van der Waals surface area (Å²) in [5.74, 6) is -1.84. The number of anilines is 1. The maximum absolute atomic E-state index is 11.6. The van der Waals surface area contributed by atoms with E-state index in [2.05, 4.69) is 5.32 Å². The fraction of sp³-hybridized carbons (Fsp3) is 0.222. The predicted octanol–water partition coefficient (Wildman–Crippen LogP) is 3.81. The van der Waals surface area contributed by atoms with Crippen LogP contribution in [0, 0.1) is 0 Å². The van der Waals surface area contributed by atoms with E-state index < -0.39 is 12.1 Å². The van der Waals surface area contributed by atoms with Crippen LogP contribution < -0.4 is 5.32 Å². The number of hydrogen-bond donors (Lipinski definition) is 3. The first-order valence-corrected chi connectivity index (χ1v) is 7.53. The van der Waals surface area contributed by atoms with Crippen LogP contribution in [0.1, 0.15) is 41.3 Å². The van der Waals surface area contributed by atoms with Gasteiger partial charge in [-0.25, -0.2) is 9.59 Å². The van der Waals surface area contributed by atoms with Crippen molar-refractivity contribution in [2.45, 2.75) is 19.8 Å². The number of phenols is 1. The van der Waals surface area contributed by atoms with Gasteiger partial charge in [-0.3, -0.25) is 5.32 Å². The average Bonchev–Trinajstić information content (AvgIpc) is 2.56. The molecule has 0 radical (unpaired) electrons. The summed E-state index contributed by atoms with van der Waals surface area (Å²) in [5, 5.41) is 22.1. The molecular weight excluding hydrogens is 310 g/mol. The minimum atomic E-state index is -1.28. The maximum Gasteiger partial charge on any atom is 0.411 e. The molecule has 0 heterocycles. The van der Waals surface area contributed by atoms with E-state index in [1.54, 1.807) is 13.0 Å². The molecule has 0 aliphatic heterocycles. The Labute approximate surface area is 139 Å². The Morgan fingerprint density at radius 3 is 2.46 bits per heavy atom. The molecule has 2 aromatic rings. The Balaban J connectivity index is 2.47. The molecule has 126 valence electrons. The minimum Gasteiger partial charge on any atom is -0.507 e. The number of carboxylic acid groups (broad SMARTS) is 1. The van der Waals surface area contributed by atoms with Crippen LogP contribution in [0.2, 0.25) is 0 Å². The molecular formula is C18H19NO5. The number of rotatable bonds is 5. The normalized spacial score (nSPS) is 11.6. The van der Waals surface area contributed by atoms with Gasteiger partial charge in [0.15, 0.2) is 0 Å². The smallest absolute Gasteiger partial charge is 0.411 e. The highest BCUT2D eigenvalue weighted by atomic mass is 16.5. The summed E-state index contributed by atoms with van der Waals surface area (Å²) in [4.78, 5) is 23.0. The zero-order chi connectivity index (χ0) is 17.7. The number of carbonyl (C=O) groups excluding carboxylic acids is 1. The lowest BCUT2D eigenvalue weighted by atomic mass is 9.90. The predicted molar refractivity (Wildman–Crippen MR) is 89.7 cm³/mol. The van der Waals surface area contributed by atoms with Gasteiger partial charge in [0.1, 0.15) is 11.3 Å². The van der Waals surface area contributed by atoms with Gasteiger partial charge in [-0.1, -0.05) is 37.3 Å². The lowest BCUT2D eigenvalue weighted by Gasteiger charge is -2.17. The molecule has 24 heavy (non-hydrogen) atoms. The maximum atomic E-state index is 11.6. The number of amides is 1. The molecule has 0 fully saturated rings. The number of nitrogens with one attached hydrogen (secondary N) is 1. The third kappa shape index (κ3) is 3.84. The van der Waals surface area contributed by atoms with Crippen molar-refractivity contribution in [1.82, 2.24) is 0 Å². The number of ether oxygens (including phenoxy) is 1. The van der Waals surface area contributed by atoms with Crippen molar-refractivity contribution < 1.29 is 24.5 Å². The van der Waals surface area contributed by atoms with E-state index in [-0.39, 0.29) is 29.5 Å². The van der Waals surface area contributed by atoms with Crippen molar-refractivity contribution in [3.05, 3.63) is 59.2 Å². The second-order valence-electron chi connectivity index (χ2n) is 5.24. The number of aromatic hydroxyl groups is 1. The number of carbonyl (C=O) groups is 2. The van der Waals surface area contributed by atoms with E-state index in [1.807, 2.05) is 37.3 Å². The Kier molecular flexibility index (Phi) is 5.42. The largest absolute Gasteiger partial charge is 0.507 e. The van der Waals surface area contributed by atoms with Crippen LogP contribution >= 0.6 is 0 Å². The van der Waals surface area contributed by atoms with Gasteiger partial charge >= 0.3 is 12.1 Å². The standard InChI is InChI=1S/C18H19NO5/c1-3-24-18(23)19-13-9-14(16(20)15(10-13)17(21)22)11(2)12-7-5-4-6-8-12/h4-11,20H,3H2,1-2H3,(H,19,23)(H,21,22). The van der Waals surface area contributed by atoms with Crippen LogP contribution in [-0.4, -0.2) is 28.9 Å². The number of benzene rings is 2. The molecule has 1 atom stereocenters. The monoisotopic (exact) mass is 329 g/mol. The van der Waals surface area contributed by atoms with Gasteiger partial charge in [-0.15, -0.1) is 0 Å². The third-order valence-electron chi connectivity index (χ3n) is 3.66. The van der Waals surface area contributed by atoms with E-state index in [4.69, 9.17) is 4.74 Å². The average molecular weight is 329 g/mol. The van der Waals surface area contributed by atoms with Gasteiger partial charge in [0, 0.05) is 17.2 Å². The summed E-state index contributed by atoms with van der Waals surface area (Å²) in [6.45, 7) is 3.72.